The van der Waals surface area contributed by atoms with Gasteiger partial charge >= 0.3 is 12.1 Å². The number of halogens is 3. The molecule has 0 amide bonds. The van der Waals surface area contributed by atoms with Gasteiger partial charge in [0.05, 0.1) is 12.7 Å². The fourth-order valence-electron chi connectivity index (χ4n) is 1.68. The van der Waals surface area contributed by atoms with Gasteiger partial charge in [0, 0.05) is 6.20 Å². The zero-order valence-corrected chi connectivity index (χ0v) is 10.4. The minimum absolute atomic E-state index is 0.102. The van der Waals surface area contributed by atoms with Crippen LogP contribution in [0, 0.1) is 0 Å². The summed E-state index contributed by atoms with van der Waals surface area (Å²) in [6.07, 6.45) is -2.97. The maximum Gasteiger partial charge on any atom is 0.416 e. The summed E-state index contributed by atoms with van der Waals surface area (Å²) in [4.78, 5) is 15.2. The summed E-state index contributed by atoms with van der Waals surface area (Å²) in [6.45, 7) is 0. The number of ether oxygens (including phenoxy) is 1. The van der Waals surface area contributed by atoms with E-state index in [0.717, 1.165) is 12.1 Å². The maximum atomic E-state index is 12.5. The first-order valence-corrected chi connectivity index (χ1v) is 5.64. The third-order valence-corrected chi connectivity index (χ3v) is 2.70. The summed E-state index contributed by atoms with van der Waals surface area (Å²) in [5.41, 5.74) is 0.535. The first-order valence-electron chi connectivity index (χ1n) is 5.64. The van der Waals surface area contributed by atoms with E-state index in [2.05, 4.69) is 9.72 Å². The number of hydrogen-bond acceptors (Lipinski definition) is 3. The SMILES string of the molecule is COC(=O)c1cc(-c2ccc(C(F)(F)F)cc2)ccn1. The van der Waals surface area contributed by atoms with Crippen LogP contribution >= 0.6 is 0 Å². The minimum atomic E-state index is -4.37. The number of benzene rings is 1. The quantitative estimate of drug-likeness (QED) is 0.790. The number of alkyl halides is 3. The number of rotatable bonds is 2. The molecular weight excluding hydrogens is 271 g/mol. The molecule has 3 nitrogen and oxygen atoms in total. The molecule has 1 aromatic heterocycles. The van der Waals surface area contributed by atoms with Crippen molar-refractivity contribution in [2.75, 3.05) is 7.11 Å². The largest absolute Gasteiger partial charge is 0.464 e. The lowest BCUT2D eigenvalue weighted by atomic mass is 10.0. The third-order valence-electron chi connectivity index (χ3n) is 2.70. The van der Waals surface area contributed by atoms with Crippen LogP contribution < -0.4 is 0 Å². The van der Waals surface area contributed by atoms with E-state index in [9.17, 15) is 18.0 Å². The van der Waals surface area contributed by atoms with Gasteiger partial charge in [0.15, 0.2) is 0 Å². The zero-order valence-electron chi connectivity index (χ0n) is 10.4. The summed E-state index contributed by atoms with van der Waals surface area (Å²) >= 11 is 0. The normalized spacial score (nSPS) is 11.2. The van der Waals surface area contributed by atoms with E-state index in [0.29, 0.717) is 11.1 Å². The van der Waals surface area contributed by atoms with Gasteiger partial charge in [0.2, 0.25) is 0 Å². The van der Waals surface area contributed by atoms with E-state index in [1.807, 2.05) is 0 Å². The molecule has 0 radical (unpaired) electrons. The van der Waals surface area contributed by atoms with Crippen molar-refractivity contribution in [3.05, 3.63) is 53.9 Å². The van der Waals surface area contributed by atoms with Crippen molar-refractivity contribution in [2.45, 2.75) is 6.18 Å². The van der Waals surface area contributed by atoms with Crippen LogP contribution in [0.15, 0.2) is 42.6 Å². The molecular formula is C14H10F3NO2. The Bertz CT molecular complexity index is 621. The van der Waals surface area contributed by atoms with E-state index < -0.39 is 17.7 Å². The van der Waals surface area contributed by atoms with E-state index in [1.165, 1.54) is 31.5 Å². The molecule has 0 fully saturated rings. The molecule has 0 spiro atoms. The molecule has 0 aliphatic heterocycles. The number of hydrogen-bond donors (Lipinski definition) is 0. The van der Waals surface area contributed by atoms with Gasteiger partial charge in [-0.3, -0.25) is 0 Å². The summed E-state index contributed by atoms with van der Waals surface area (Å²) in [5.74, 6) is -0.598. The second kappa shape index (κ2) is 5.32. The lowest BCUT2D eigenvalue weighted by Crippen LogP contribution is -2.05. The smallest absolute Gasteiger partial charge is 0.416 e. The molecule has 0 unspecified atom stereocenters. The number of carbonyl (C=O) groups excluding carboxylic acids is 1. The average molecular weight is 281 g/mol. The third kappa shape index (κ3) is 2.96. The van der Waals surface area contributed by atoms with Gasteiger partial charge in [0.25, 0.3) is 0 Å². The average Bonchev–Trinajstić information content (AvgIpc) is 2.46. The number of carbonyl (C=O) groups is 1. The van der Waals surface area contributed by atoms with Crippen molar-refractivity contribution in [2.24, 2.45) is 0 Å². The molecule has 2 aromatic rings. The minimum Gasteiger partial charge on any atom is -0.464 e. The Kier molecular flexibility index (Phi) is 3.74. The second-order valence-corrected chi connectivity index (χ2v) is 4.00. The topological polar surface area (TPSA) is 39.2 Å². The molecule has 20 heavy (non-hydrogen) atoms. The monoisotopic (exact) mass is 281 g/mol. The molecule has 0 saturated carbocycles. The van der Waals surface area contributed by atoms with Crippen LogP contribution in [0.25, 0.3) is 11.1 Å². The number of aromatic nitrogens is 1. The zero-order chi connectivity index (χ0) is 14.8. The predicted octanol–water partition coefficient (Wildman–Crippen LogP) is 3.55. The first kappa shape index (κ1) is 14.0. The Morgan fingerprint density at radius 3 is 2.30 bits per heavy atom. The summed E-state index contributed by atoms with van der Waals surface area (Å²) in [7, 11) is 1.23. The molecule has 0 aliphatic rings. The van der Waals surface area contributed by atoms with E-state index >= 15 is 0 Å². The molecule has 1 aromatic carbocycles. The van der Waals surface area contributed by atoms with Crippen molar-refractivity contribution in [1.29, 1.82) is 0 Å². The lowest BCUT2D eigenvalue weighted by Gasteiger charge is -2.08. The molecule has 2 rings (SSSR count). The Hall–Kier alpha value is -2.37. The first-order chi connectivity index (χ1) is 9.41. The van der Waals surface area contributed by atoms with Crippen molar-refractivity contribution in [3.8, 4) is 11.1 Å². The summed E-state index contributed by atoms with van der Waals surface area (Å²) in [5, 5.41) is 0. The van der Waals surface area contributed by atoms with Crippen LogP contribution in [0.1, 0.15) is 16.1 Å². The highest BCUT2D eigenvalue weighted by atomic mass is 19.4. The van der Waals surface area contributed by atoms with Crippen LogP contribution in [0.2, 0.25) is 0 Å². The van der Waals surface area contributed by atoms with Gasteiger partial charge in [-0.2, -0.15) is 13.2 Å². The van der Waals surface area contributed by atoms with E-state index in [1.54, 1.807) is 6.07 Å². The fourth-order valence-corrected chi connectivity index (χ4v) is 1.68. The number of esters is 1. The Morgan fingerprint density at radius 2 is 1.75 bits per heavy atom. The number of pyridine rings is 1. The molecule has 0 N–H and O–H groups in total. The molecule has 0 atom stereocenters. The Balaban J connectivity index is 2.35. The van der Waals surface area contributed by atoms with Gasteiger partial charge in [-0.15, -0.1) is 0 Å². The summed E-state index contributed by atoms with van der Waals surface area (Å²) < 4.78 is 41.9. The Labute approximate surface area is 113 Å². The number of nitrogens with zero attached hydrogens (tertiary/aromatic N) is 1. The molecule has 0 bridgehead atoms. The molecule has 0 saturated heterocycles. The van der Waals surface area contributed by atoms with Crippen molar-refractivity contribution in [3.63, 3.8) is 0 Å². The van der Waals surface area contributed by atoms with Crippen LogP contribution in [0.3, 0.4) is 0 Å². The molecule has 1 heterocycles. The molecule has 104 valence electrons. The van der Waals surface area contributed by atoms with Crippen LogP contribution in [-0.2, 0) is 10.9 Å². The van der Waals surface area contributed by atoms with Gasteiger partial charge in [-0.05, 0) is 35.4 Å². The molecule has 0 aliphatic carbocycles. The van der Waals surface area contributed by atoms with Crippen molar-refractivity contribution in [1.82, 2.24) is 4.98 Å². The van der Waals surface area contributed by atoms with E-state index in [-0.39, 0.29) is 5.69 Å². The van der Waals surface area contributed by atoms with Crippen molar-refractivity contribution >= 4 is 5.97 Å². The predicted molar refractivity (Wildman–Crippen MR) is 66.0 cm³/mol. The maximum absolute atomic E-state index is 12.5. The number of methoxy groups -OCH3 is 1. The highest BCUT2D eigenvalue weighted by Gasteiger charge is 2.29. The van der Waals surface area contributed by atoms with Gasteiger partial charge < -0.3 is 4.74 Å². The van der Waals surface area contributed by atoms with Crippen LogP contribution in [0.5, 0.6) is 0 Å². The molecule has 6 heteroatoms. The van der Waals surface area contributed by atoms with Crippen LogP contribution in [-0.4, -0.2) is 18.1 Å². The van der Waals surface area contributed by atoms with Gasteiger partial charge in [-0.25, -0.2) is 9.78 Å². The Morgan fingerprint density at radius 1 is 1.10 bits per heavy atom. The highest BCUT2D eigenvalue weighted by Crippen LogP contribution is 2.30. The highest BCUT2D eigenvalue weighted by molar-refractivity contribution is 5.88. The van der Waals surface area contributed by atoms with Crippen LogP contribution in [0.4, 0.5) is 13.2 Å². The van der Waals surface area contributed by atoms with Gasteiger partial charge in [0.1, 0.15) is 5.69 Å². The van der Waals surface area contributed by atoms with Gasteiger partial charge in [-0.1, -0.05) is 12.1 Å². The van der Waals surface area contributed by atoms with E-state index in [4.69, 9.17) is 0 Å². The standard InChI is InChI=1S/C14H10F3NO2/c1-20-13(19)12-8-10(6-7-18-12)9-2-4-11(5-3-9)14(15,16)17/h2-8H,1H3. The lowest BCUT2D eigenvalue weighted by molar-refractivity contribution is -0.137. The summed E-state index contributed by atoms with van der Waals surface area (Å²) in [6, 6.07) is 7.75. The van der Waals surface area contributed by atoms with Crippen molar-refractivity contribution < 1.29 is 22.7 Å². The second-order valence-electron chi connectivity index (χ2n) is 4.00. The fraction of sp³-hybridized carbons (Fsp3) is 0.143.